The summed E-state index contributed by atoms with van der Waals surface area (Å²) in [7, 11) is 0. The predicted octanol–water partition coefficient (Wildman–Crippen LogP) is 0.889. The van der Waals surface area contributed by atoms with E-state index in [2.05, 4.69) is 10.3 Å². The van der Waals surface area contributed by atoms with E-state index in [4.69, 9.17) is 5.11 Å². The van der Waals surface area contributed by atoms with Gasteiger partial charge in [0.1, 0.15) is 0 Å². The van der Waals surface area contributed by atoms with Gasteiger partial charge in [-0.05, 0) is 12.8 Å². The summed E-state index contributed by atoms with van der Waals surface area (Å²) in [6.45, 7) is 4.31. The molecule has 0 radical (unpaired) electrons. The second-order valence-corrected chi connectivity index (χ2v) is 4.64. The highest BCUT2D eigenvalue weighted by atomic mass is 16.4. The minimum absolute atomic E-state index is 0.0104. The SMILES string of the molecule is CC(CC(=O)O)CC(=O)NC(C)Cn1ccnc1. The van der Waals surface area contributed by atoms with Crippen LogP contribution in [0.3, 0.4) is 0 Å². The summed E-state index contributed by atoms with van der Waals surface area (Å²) >= 11 is 0. The van der Waals surface area contributed by atoms with Gasteiger partial charge in [0, 0.05) is 37.8 Å². The largest absolute Gasteiger partial charge is 0.481 e. The van der Waals surface area contributed by atoms with Crippen LogP contribution in [0.2, 0.25) is 0 Å². The van der Waals surface area contributed by atoms with Crippen molar-refractivity contribution < 1.29 is 14.7 Å². The molecule has 2 N–H and O–H groups in total. The van der Waals surface area contributed by atoms with Crippen molar-refractivity contribution in [1.29, 1.82) is 0 Å². The first-order valence-corrected chi connectivity index (χ1v) is 5.94. The summed E-state index contributed by atoms with van der Waals surface area (Å²) in [4.78, 5) is 26.0. The Balaban J connectivity index is 2.29. The van der Waals surface area contributed by atoms with Crippen LogP contribution in [0, 0.1) is 5.92 Å². The predicted molar refractivity (Wildman–Crippen MR) is 65.9 cm³/mol. The molecule has 1 heterocycles. The third-order valence-electron chi connectivity index (χ3n) is 2.51. The Bertz CT molecular complexity index is 389. The summed E-state index contributed by atoms with van der Waals surface area (Å²) in [5.41, 5.74) is 0. The summed E-state index contributed by atoms with van der Waals surface area (Å²) < 4.78 is 1.88. The van der Waals surface area contributed by atoms with Crippen LogP contribution in [0.15, 0.2) is 18.7 Å². The molecule has 0 saturated carbocycles. The fraction of sp³-hybridized carbons (Fsp3) is 0.583. The highest BCUT2D eigenvalue weighted by Crippen LogP contribution is 2.07. The number of rotatable bonds is 7. The van der Waals surface area contributed by atoms with Crippen molar-refractivity contribution in [3.05, 3.63) is 18.7 Å². The van der Waals surface area contributed by atoms with Crippen LogP contribution in [0.25, 0.3) is 0 Å². The highest BCUT2D eigenvalue weighted by Gasteiger charge is 2.14. The molecule has 0 saturated heterocycles. The molecule has 0 aliphatic rings. The number of carbonyl (C=O) groups is 2. The minimum atomic E-state index is -0.873. The van der Waals surface area contributed by atoms with Crippen LogP contribution in [0.5, 0.6) is 0 Å². The number of aromatic nitrogens is 2. The maximum absolute atomic E-state index is 11.6. The Kier molecular flexibility index (Phi) is 5.35. The van der Waals surface area contributed by atoms with Gasteiger partial charge in [0.05, 0.1) is 6.33 Å². The fourth-order valence-corrected chi connectivity index (χ4v) is 1.78. The number of imidazole rings is 1. The Hall–Kier alpha value is -1.85. The molecule has 0 bridgehead atoms. The van der Waals surface area contributed by atoms with Crippen molar-refractivity contribution in [2.75, 3.05) is 0 Å². The Morgan fingerprint density at radius 3 is 2.67 bits per heavy atom. The van der Waals surface area contributed by atoms with Crippen molar-refractivity contribution in [3.8, 4) is 0 Å². The van der Waals surface area contributed by atoms with E-state index in [-0.39, 0.29) is 30.7 Å². The summed E-state index contributed by atoms with van der Waals surface area (Å²) in [5.74, 6) is -1.14. The van der Waals surface area contributed by atoms with Gasteiger partial charge in [-0.25, -0.2) is 4.98 Å². The number of amides is 1. The van der Waals surface area contributed by atoms with Gasteiger partial charge in [0.25, 0.3) is 0 Å². The molecule has 1 aromatic rings. The van der Waals surface area contributed by atoms with E-state index in [9.17, 15) is 9.59 Å². The average Bonchev–Trinajstić information content (AvgIpc) is 2.67. The average molecular weight is 253 g/mol. The van der Waals surface area contributed by atoms with E-state index in [1.807, 2.05) is 17.7 Å². The first kappa shape index (κ1) is 14.2. The topological polar surface area (TPSA) is 84.2 Å². The number of nitrogens with zero attached hydrogens (tertiary/aromatic N) is 2. The lowest BCUT2D eigenvalue weighted by Gasteiger charge is -2.16. The molecular weight excluding hydrogens is 234 g/mol. The first-order chi connectivity index (χ1) is 8.47. The normalized spacial score (nSPS) is 13.9. The molecule has 0 aliphatic carbocycles. The van der Waals surface area contributed by atoms with Crippen molar-refractivity contribution in [2.45, 2.75) is 39.3 Å². The summed E-state index contributed by atoms with van der Waals surface area (Å²) in [5, 5.41) is 11.4. The molecule has 6 nitrogen and oxygen atoms in total. The van der Waals surface area contributed by atoms with E-state index < -0.39 is 5.97 Å². The molecule has 1 aromatic heterocycles. The molecule has 0 aliphatic heterocycles. The number of nitrogens with one attached hydrogen (secondary N) is 1. The van der Waals surface area contributed by atoms with Crippen molar-refractivity contribution in [3.63, 3.8) is 0 Å². The van der Waals surface area contributed by atoms with Gasteiger partial charge < -0.3 is 15.0 Å². The molecule has 2 unspecified atom stereocenters. The van der Waals surface area contributed by atoms with Gasteiger partial charge in [0.2, 0.25) is 5.91 Å². The van der Waals surface area contributed by atoms with Crippen LogP contribution in [-0.2, 0) is 16.1 Å². The lowest BCUT2D eigenvalue weighted by Crippen LogP contribution is -2.36. The van der Waals surface area contributed by atoms with Gasteiger partial charge in [-0.3, -0.25) is 9.59 Å². The number of hydrogen-bond donors (Lipinski definition) is 2. The zero-order valence-corrected chi connectivity index (χ0v) is 10.7. The van der Waals surface area contributed by atoms with Crippen LogP contribution in [0.4, 0.5) is 0 Å². The fourth-order valence-electron chi connectivity index (χ4n) is 1.78. The number of carboxylic acid groups (broad SMARTS) is 1. The van der Waals surface area contributed by atoms with Crippen molar-refractivity contribution in [2.24, 2.45) is 5.92 Å². The second-order valence-electron chi connectivity index (χ2n) is 4.64. The molecule has 100 valence electrons. The smallest absolute Gasteiger partial charge is 0.303 e. The van der Waals surface area contributed by atoms with Gasteiger partial charge in [-0.2, -0.15) is 0 Å². The molecular formula is C12H19N3O3. The summed E-state index contributed by atoms with van der Waals surface area (Å²) in [6.07, 6.45) is 5.46. The van der Waals surface area contributed by atoms with Crippen LogP contribution in [0.1, 0.15) is 26.7 Å². The van der Waals surface area contributed by atoms with Crippen LogP contribution in [-0.4, -0.2) is 32.6 Å². The lowest BCUT2D eigenvalue weighted by atomic mass is 10.0. The molecule has 18 heavy (non-hydrogen) atoms. The number of aliphatic carboxylic acids is 1. The van der Waals surface area contributed by atoms with E-state index in [1.54, 1.807) is 19.4 Å². The van der Waals surface area contributed by atoms with E-state index in [0.717, 1.165) is 0 Å². The van der Waals surface area contributed by atoms with Crippen LogP contribution < -0.4 is 5.32 Å². The molecule has 0 aromatic carbocycles. The van der Waals surface area contributed by atoms with E-state index >= 15 is 0 Å². The van der Waals surface area contributed by atoms with Gasteiger partial charge in [0.15, 0.2) is 0 Å². The summed E-state index contributed by atoms with van der Waals surface area (Å²) in [6, 6.07) is -0.0104. The molecule has 0 fully saturated rings. The highest BCUT2D eigenvalue weighted by molar-refractivity contribution is 5.77. The third kappa shape index (κ3) is 5.47. The van der Waals surface area contributed by atoms with Gasteiger partial charge in [-0.15, -0.1) is 0 Å². The first-order valence-electron chi connectivity index (χ1n) is 5.94. The van der Waals surface area contributed by atoms with E-state index in [1.165, 1.54) is 0 Å². The molecule has 0 spiro atoms. The quantitative estimate of drug-likeness (QED) is 0.755. The Morgan fingerprint density at radius 1 is 1.39 bits per heavy atom. The van der Waals surface area contributed by atoms with E-state index in [0.29, 0.717) is 6.54 Å². The lowest BCUT2D eigenvalue weighted by molar-refractivity contribution is -0.138. The van der Waals surface area contributed by atoms with Gasteiger partial charge in [-0.1, -0.05) is 6.92 Å². The maximum Gasteiger partial charge on any atom is 0.303 e. The maximum atomic E-state index is 11.6. The zero-order chi connectivity index (χ0) is 13.5. The standard InChI is InChI=1S/C12H19N3O3/c1-9(6-12(17)18)5-11(16)14-10(2)7-15-4-3-13-8-15/h3-4,8-10H,5-7H2,1-2H3,(H,14,16)(H,17,18). The number of carbonyl (C=O) groups excluding carboxylic acids is 1. The minimum Gasteiger partial charge on any atom is -0.481 e. The second kappa shape index (κ2) is 6.78. The number of carboxylic acids is 1. The number of hydrogen-bond acceptors (Lipinski definition) is 3. The monoisotopic (exact) mass is 253 g/mol. The van der Waals surface area contributed by atoms with Crippen molar-refractivity contribution >= 4 is 11.9 Å². The Morgan fingerprint density at radius 2 is 2.11 bits per heavy atom. The van der Waals surface area contributed by atoms with Gasteiger partial charge >= 0.3 is 5.97 Å². The van der Waals surface area contributed by atoms with Crippen LogP contribution >= 0.6 is 0 Å². The molecule has 2 atom stereocenters. The third-order valence-corrected chi connectivity index (χ3v) is 2.51. The van der Waals surface area contributed by atoms with Crippen molar-refractivity contribution in [1.82, 2.24) is 14.9 Å². The molecule has 1 amide bonds. The zero-order valence-electron chi connectivity index (χ0n) is 10.7. The molecule has 1 rings (SSSR count). The Labute approximate surface area is 106 Å². The molecule has 6 heteroatoms.